The maximum Gasteiger partial charge on any atom is 0.310 e. The number of unbranched alkanes of at least 4 members (excludes halogenated alkanes) is 1. The quantitative estimate of drug-likeness (QED) is 0.405. The molecular weight excluding hydrogens is 244 g/mol. The van der Waals surface area contributed by atoms with Crippen molar-refractivity contribution in [3.05, 3.63) is 0 Å². The van der Waals surface area contributed by atoms with E-state index in [0.717, 1.165) is 32.5 Å². The number of carbonyl (C=O) groups is 1. The summed E-state index contributed by atoms with van der Waals surface area (Å²) in [5, 5.41) is 0. The van der Waals surface area contributed by atoms with Crippen LogP contribution in [0.3, 0.4) is 0 Å². The highest BCUT2D eigenvalue weighted by Crippen LogP contribution is 2.08. The van der Waals surface area contributed by atoms with Crippen LogP contribution in [0.5, 0.6) is 0 Å². The first kappa shape index (κ1) is 18.4. The maximum absolute atomic E-state index is 11.4. The van der Waals surface area contributed by atoms with Crippen LogP contribution in [-0.4, -0.2) is 39.5 Å². The predicted octanol–water partition coefficient (Wildman–Crippen LogP) is 3.05. The number of ether oxygens (including phenoxy) is 3. The van der Waals surface area contributed by atoms with Crippen molar-refractivity contribution in [2.45, 2.75) is 46.5 Å². The maximum atomic E-state index is 11.4. The average Bonchev–Trinajstić information content (AvgIpc) is 2.42. The Kier molecular flexibility index (Phi) is 12.0. The molecule has 114 valence electrons. The Morgan fingerprint density at radius 2 is 1.84 bits per heavy atom. The van der Waals surface area contributed by atoms with Crippen LogP contribution in [0.15, 0.2) is 0 Å². The smallest absolute Gasteiger partial charge is 0.310 e. The van der Waals surface area contributed by atoms with Gasteiger partial charge < -0.3 is 14.2 Å². The van der Waals surface area contributed by atoms with E-state index in [1.807, 2.05) is 6.92 Å². The number of carbonyl (C=O) groups excluding carboxylic acids is 1. The molecule has 0 amide bonds. The molecule has 0 rings (SSSR count). The molecule has 0 heterocycles. The normalized spacial score (nSPS) is 14.1. The number of methoxy groups -OCH3 is 1. The largest absolute Gasteiger partial charge is 0.469 e. The molecule has 0 saturated carbocycles. The summed E-state index contributed by atoms with van der Waals surface area (Å²) in [4.78, 5) is 11.4. The van der Waals surface area contributed by atoms with E-state index in [0.29, 0.717) is 19.1 Å². The van der Waals surface area contributed by atoms with Crippen molar-refractivity contribution in [2.24, 2.45) is 11.8 Å². The van der Waals surface area contributed by atoms with E-state index < -0.39 is 0 Å². The van der Waals surface area contributed by atoms with Crippen LogP contribution in [0, 0.1) is 11.8 Å². The third kappa shape index (κ3) is 9.91. The molecule has 0 fully saturated rings. The molecule has 19 heavy (non-hydrogen) atoms. The second-order valence-corrected chi connectivity index (χ2v) is 5.03. The van der Waals surface area contributed by atoms with E-state index in [1.54, 1.807) is 0 Å². The Hall–Kier alpha value is -0.610. The Bertz CT molecular complexity index is 218. The molecule has 4 heteroatoms. The minimum atomic E-state index is -0.182. The second kappa shape index (κ2) is 12.4. The van der Waals surface area contributed by atoms with E-state index in [1.165, 1.54) is 13.5 Å². The van der Waals surface area contributed by atoms with Crippen molar-refractivity contribution in [2.75, 3.05) is 33.5 Å². The van der Waals surface area contributed by atoms with Gasteiger partial charge in [-0.2, -0.15) is 0 Å². The highest BCUT2D eigenvalue weighted by molar-refractivity contribution is 5.72. The molecule has 0 spiro atoms. The predicted molar refractivity (Wildman–Crippen MR) is 76.1 cm³/mol. The zero-order valence-electron chi connectivity index (χ0n) is 12.9. The van der Waals surface area contributed by atoms with Crippen molar-refractivity contribution in [1.82, 2.24) is 0 Å². The number of hydrogen-bond acceptors (Lipinski definition) is 4. The van der Waals surface area contributed by atoms with Crippen molar-refractivity contribution in [1.29, 1.82) is 0 Å². The fourth-order valence-electron chi connectivity index (χ4n) is 1.65. The first-order valence-electron chi connectivity index (χ1n) is 7.38. The summed E-state index contributed by atoms with van der Waals surface area (Å²) >= 11 is 0. The number of esters is 1. The molecule has 0 N–H and O–H groups in total. The average molecular weight is 274 g/mol. The lowest BCUT2D eigenvalue weighted by Gasteiger charge is -2.16. The first-order chi connectivity index (χ1) is 9.15. The highest BCUT2D eigenvalue weighted by Gasteiger charge is 2.17. The van der Waals surface area contributed by atoms with Gasteiger partial charge in [-0.05, 0) is 25.2 Å². The van der Waals surface area contributed by atoms with Crippen molar-refractivity contribution >= 4 is 5.97 Å². The Balaban J connectivity index is 3.55. The van der Waals surface area contributed by atoms with Crippen LogP contribution in [-0.2, 0) is 19.0 Å². The van der Waals surface area contributed by atoms with E-state index in [2.05, 4.69) is 13.8 Å². The van der Waals surface area contributed by atoms with Gasteiger partial charge in [0, 0.05) is 19.8 Å². The molecule has 0 saturated heterocycles. The molecule has 2 unspecified atom stereocenters. The lowest BCUT2D eigenvalue weighted by Crippen LogP contribution is -2.22. The molecule has 0 aromatic heterocycles. The minimum absolute atomic E-state index is 0.141. The molecule has 0 aliphatic heterocycles. The summed E-state index contributed by atoms with van der Waals surface area (Å²) < 4.78 is 15.8. The summed E-state index contributed by atoms with van der Waals surface area (Å²) in [6.45, 7) is 9.03. The van der Waals surface area contributed by atoms with Crippen LogP contribution in [0.25, 0.3) is 0 Å². The molecule has 0 aromatic carbocycles. The molecule has 2 atom stereocenters. The highest BCUT2D eigenvalue weighted by atomic mass is 16.5. The lowest BCUT2D eigenvalue weighted by molar-refractivity contribution is -0.147. The molecule has 0 aliphatic carbocycles. The summed E-state index contributed by atoms with van der Waals surface area (Å²) in [6.07, 6.45) is 4.05. The topological polar surface area (TPSA) is 44.8 Å². The van der Waals surface area contributed by atoms with Gasteiger partial charge in [0.05, 0.1) is 19.6 Å². The SMILES string of the molecule is CCCCOCCC(C)COCC(CC)C(=O)OC. The fraction of sp³-hybridized carbons (Fsp3) is 0.933. The van der Waals surface area contributed by atoms with Gasteiger partial charge in [0.2, 0.25) is 0 Å². The van der Waals surface area contributed by atoms with E-state index in [-0.39, 0.29) is 11.9 Å². The monoisotopic (exact) mass is 274 g/mol. The van der Waals surface area contributed by atoms with Gasteiger partial charge in [0.1, 0.15) is 0 Å². The van der Waals surface area contributed by atoms with Crippen LogP contribution >= 0.6 is 0 Å². The zero-order valence-corrected chi connectivity index (χ0v) is 12.9. The number of rotatable bonds is 12. The van der Waals surface area contributed by atoms with Crippen molar-refractivity contribution in [3.63, 3.8) is 0 Å². The molecule has 4 nitrogen and oxygen atoms in total. The molecule has 0 aliphatic rings. The van der Waals surface area contributed by atoms with Crippen LogP contribution in [0.1, 0.15) is 46.5 Å². The number of hydrogen-bond donors (Lipinski definition) is 0. The van der Waals surface area contributed by atoms with Gasteiger partial charge >= 0.3 is 5.97 Å². The van der Waals surface area contributed by atoms with Gasteiger partial charge in [0.25, 0.3) is 0 Å². The van der Waals surface area contributed by atoms with Gasteiger partial charge in [-0.15, -0.1) is 0 Å². The summed E-state index contributed by atoms with van der Waals surface area (Å²) in [6, 6.07) is 0. The molecule has 0 radical (unpaired) electrons. The van der Waals surface area contributed by atoms with Crippen LogP contribution in [0.2, 0.25) is 0 Å². The van der Waals surface area contributed by atoms with Crippen LogP contribution in [0.4, 0.5) is 0 Å². The summed E-state index contributed by atoms with van der Waals surface area (Å²) in [7, 11) is 1.42. The third-order valence-corrected chi connectivity index (χ3v) is 3.15. The van der Waals surface area contributed by atoms with Gasteiger partial charge in [0.15, 0.2) is 0 Å². The standard InChI is InChI=1S/C15H30O4/c1-5-7-9-18-10-8-13(3)11-19-12-14(6-2)15(16)17-4/h13-14H,5-12H2,1-4H3. The van der Waals surface area contributed by atoms with Gasteiger partial charge in [-0.25, -0.2) is 0 Å². The third-order valence-electron chi connectivity index (χ3n) is 3.15. The zero-order chi connectivity index (χ0) is 14.5. The first-order valence-corrected chi connectivity index (χ1v) is 7.38. The van der Waals surface area contributed by atoms with E-state index >= 15 is 0 Å². The van der Waals surface area contributed by atoms with Gasteiger partial charge in [-0.1, -0.05) is 27.2 Å². The van der Waals surface area contributed by atoms with E-state index in [9.17, 15) is 4.79 Å². The lowest BCUT2D eigenvalue weighted by atomic mass is 10.1. The minimum Gasteiger partial charge on any atom is -0.469 e. The Labute approximate surface area is 117 Å². The van der Waals surface area contributed by atoms with Crippen molar-refractivity contribution < 1.29 is 19.0 Å². The molecule has 0 bridgehead atoms. The Morgan fingerprint density at radius 3 is 2.42 bits per heavy atom. The summed E-state index contributed by atoms with van der Waals surface area (Å²) in [5.74, 6) is 0.132. The molecular formula is C15H30O4. The van der Waals surface area contributed by atoms with Gasteiger partial charge in [-0.3, -0.25) is 4.79 Å². The Morgan fingerprint density at radius 1 is 1.11 bits per heavy atom. The summed E-state index contributed by atoms with van der Waals surface area (Å²) in [5.41, 5.74) is 0. The molecule has 0 aromatic rings. The van der Waals surface area contributed by atoms with E-state index in [4.69, 9.17) is 14.2 Å². The second-order valence-electron chi connectivity index (χ2n) is 5.03. The van der Waals surface area contributed by atoms with Crippen LogP contribution < -0.4 is 0 Å². The van der Waals surface area contributed by atoms with Crippen molar-refractivity contribution in [3.8, 4) is 0 Å². The fourth-order valence-corrected chi connectivity index (χ4v) is 1.65.